The average Bonchev–Trinajstić information content (AvgIpc) is 2.25. The standard InChI is InChI=1S/C14H27NO/c1-11-9-13(2,3)6-7-14(11)10-12(15-4)5-8-16-14/h11-12,15H,5-10H2,1-4H3. The van der Waals surface area contributed by atoms with Crippen LogP contribution in [0.15, 0.2) is 0 Å². The van der Waals surface area contributed by atoms with E-state index in [1.54, 1.807) is 0 Å². The molecule has 0 aromatic rings. The van der Waals surface area contributed by atoms with Crippen LogP contribution in [0.4, 0.5) is 0 Å². The van der Waals surface area contributed by atoms with E-state index in [2.05, 4.69) is 33.1 Å². The van der Waals surface area contributed by atoms with Gasteiger partial charge in [-0.25, -0.2) is 0 Å². The van der Waals surface area contributed by atoms with Crippen LogP contribution in [0.3, 0.4) is 0 Å². The van der Waals surface area contributed by atoms with Crippen LogP contribution in [0.5, 0.6) is 0 Å². The predicted molar refractivity (Wildman–Crippen MR) is 67.6 cm³/mol. The van der Waals surface area contributed by atoms with E-state index in [0.29, 0.717) is 17.4 Å². The van der Waals surface area contributed by atoms with E-state index in [1.807, 2.05) is 0 Å². The molecule has 0 aromatic heterocycles. The van der Waals surface area contributed by atoms with Crippen molar-refractivity contribution >= 4 is 0 Å². The van der Waals surface area contributed by atoms with Crippen LogP contribution in [0.25, 0.3) is 0 Å². The maximum atomic E-state index is 6.20. The third kappa shape index (κ3) is 2.28. The lowest BCUT2D eigenvalue weighted by molar-refractivity contribution is -0.153. The minimum absolute atomic E-state index is 0.182. The van der Waals surface area contributed by atoms with Gasteiger partial charge in [0.05, 0.1) is 5.60 Å². The summed E-state index contributed by atoms with van der Waals surface area (Å²) in [5.74, 6) is 0.701. The molecule has 2 heteroatoms. The van der Waals surface area contributed by atoms with Gasteiger partial charge in [-0.15, -0.1) is 0 Å². The number of nitrogens with one attached hydrogen (secondary N) is 1. The molecule has 2 rings (SSSR count). The van der Waals surface area contributed by atoms with E-state index < -0.39 is 0 Å². The second kappa shape index (κ2) is 4.30. The highest BCUT2D eigenvalue weighted by Crippen LogP contribution is 2.49. The summed E-state index contributed by atoms with van der Waals surface area (Å²) >= 11 is 0. The van der Waals surface area contributed by atoms with Crippen molar-refractivity contribution in [1.29, 1.82) is 0 Å². The van der Waals surface area contributed by atoms with E-state index in [9.17, 15) is 0 Å². The van der Waals surface area contributed by atoms with E-state index in [0.717, 1.165) is 6.61 Å². The Hall–Kier alpha value is -0.0800. The van der Waals surface area contributed by atoms with Crippen molar-refractivity contribution in [3.05, 3.63) is 0 Å². The molecule has 1 heterocycles. The van der Waals surface area contributed by atoms with Gasteiger partial charge in [0.2, 0.25) is 0 Å². The second-order valence-electron chi connectivity index (χ2n) is 6.66. The van der Waals surface area contributed by atoms with Gasteiger partial charge in [-0.2, -0.15) is 0 Å². The number of rotatable bonds is 1. The first kappa shape index (κ1) is 12.4. The quantitative estimate of drug-likeness (QED) is 0.741. The highest BCUT2D eigenvalue weighted by molar-refractivity contribution is 4.99. The van der Waals surface area contributed by atoms with Crippen LogP contribution in [0.2, 0.25) is 0 Å². The fourth-order valence-corrected chi connectivity index (χ4v) is 3.66. The van der Waals surface area contributed by atoms with E-state index >= 15 is 0 Å². The maximum absolute atomic E-state index is 6.20. The summed E-state index contributed by atoms with van der Waals surface area (Å²) in [7, 11) is 2.08. The summed E-state index contributed by atoms with van der Waals surface area (Å²) in [6.45, 7) is 8.12. The summed E-state index contributed by atoms with van der Waals surface area (Å²) in [5, 5.41) is 3.44. The molecule has 1 spiro atoms. The summed E-state index contributed by atoms with van der Waals surface area (Å²) in [4.78, 5) is 0. The Labute approximate surface area is 100 Å². The van der Waals surface area contributed by atoms with Gasteiger partial charge in [0.25, 0.3) is 0 Å². The van der Waals surface area contributed by atoms with Gasteiger partial charge in [0.15, 0.2) is 0 Å². The molecule has 2 aliphatic rings. The van der Waals surface area contributed by atoms with Crippen LogP contribution in [0.1, 0.15) is 52.9 Å². The van der Waals surface area contributed by atoms with Crippen molar-refractivity contribution in [2.45, 2.75) is 64.5 Å². The Bertz CT molecular complexity index is 251. The molecule has 2 fully saturated rings. The Kier molecular flexibility index (Phi) is 3.33. The molecule has 16 heavy (non-hydrogen) atoms. The highest BCUT2D eigenvalue weighted by atomic mass is 16.5. The number of hydrogen-bond donors (Lipinski definition) is 1. The normalized spacial score (nSPS) is 43.5. The Morgan fingerprint density at radius 1 is 1.19 bits per heavy atom. The largest absolute Gasteiger partial charge is 0.375 e. The van der Waals surface area contributed by atoms with Gasteiger partial charge >= 0.3 is 0 Å². The van der Waals surface area contributed by atoms with Crippen molar-refractivity contribution in [2.75, 3.05) is 13.7 Å². The molecule has 1 aliphatic heterocycles. The van der Waals surface area contributed by atoms with Crippen LogP contribution >= 0.6 is 0 Å². The van der Waals surface area contributed by atoms with Crippen LogP contribution < -0.4 is 5.32 Å². The zero-order valence-electron chi connectivity index (χ0n) is 11.3. The topological polar surface area (TPSA) is 21.3 Å². The van der Waals surface area contributed by atoms with Crippen molar-refractivity contribution in [3.8, 4) is 0 Å². The summed E-state index contributed by atoms with van der Waals surface area (Å²) < 4.78 is 6.20. The van der Waals surface area contributed by atoms with Crippen molar-refractivity contribution < 1.29 is 4.74 Å². The molecule has 0 amide bonds. The Morgan fingerprint density at radius 2 is 1.94 bits per heavy atom. The number of hydrogen-bond acceptors (Lipinski definition) is 2. The first-order valence-electron chi connectivity index (χ1n) is 6.79. The van der Waals surface area contributed by atoms with Gasteiger partial charge in [0, 0.05) is 12.6 Å². The van der Waals surface area contributed by atoms with Crippen LogP contribution in [-0.2, 0) is 4.74 Å². The minimum atomic E-state index is 0.182. The van der Waals surface area contributed by atoms with Gasteiger partial charge in [0.1, 0.15) is 0 Å². The fraction of sp³-hybridized carbons (Fsp3) is 1.00. The Morgan fingerprint density at radius 3 is 2.56 bits per heavy atom. The maximum Gasteiger partial charge on any atom is 0.0723 e. The molecule has 2 nitrogen and oxygen atoms in total. The minimum Gasteiger partial charge on any atom is -0.375 e. The molecule has 0 bridgehead atoms. The van der Waals surface area contributed by atoms with Crippen molar-refractivity contribution in [1.82, 2.24) is 5.32 Å². The monoisotopic (exact) mass is 225 g/mol. The molecule has 1 saturated carbocycles. The van der Waals surface area contributed by atoms with Gasteiger partial charge < -0.3 is 10.1 Å². The van der Waals surface area contributed by atoms with Gasteiger partial charge in [-0.3, -0.25) is 0 Å². The van der Waals surface area contributed by atoms with Crippen LogP contribution in [0, 0.1) is 11.3 Å². The fourth-order valence-electron chi connectivity index (χ4n) is 3.66. The average molecular weight is 225 g/mol. The number of ether oxygens (including phenoxy) is 1. The molecule has 1 aliphatic carbocycles. The zero-order valence-corrected chi connectivity index (χ0v) is 11.3. The molecule has 0 aromatic carbocycles. The first-order valence-corrected chi connectivity index (χ1v) is 6.79. The van der Waals surface area contributed by atoms with Crippen molar-refractivity contribution in [2.24, 2.45) is 11.3 Å². The lowest BCUT2D eigenvalue weighted by Gasteiger charge is -2.51. The predicted octanol–water partition coefficient (Wildman–Crippen LogP) is 2.97. The second-order valence-corrected chi connectivity index (χ2v) is 6.66. The summed E-state index contributed by atoms with van der Waals surface area (Å²) in [5.41, 5.74) is 0.696. The van der Waals surface area contributed by atoms with Crippen molar-refractivity contribution in [3.63, 3.8) is 0 Å². The molecule has 3 unspecified atom stereocenters. The summed E-state index contributed by atoms with van der Waals surface area (Å²) in [6, 6.07) is 0.664. The van der Waals surface area contributed by atoms with E-state index in [1.165, 1.54) is 32.1 Å². The molecule has 1 saturated heterocycles. The zero-order chi connectivity index (χ0) is 11.8. The Balaban J connectivity index is 2.07. The molecule has 1 N–H and O–H groups in total. The molecular formula is C14H27NO. The first-order chi connectivity index (χ1) is 7.47. The van der Waals surface area contributed by atoms with Gasteiger partial charge in [-0.1, -0.05) is 20.8 Å². The molecule has 3 atom stereocenters. The lowest BCUT2D eigenvalue weighted by Crippen LogP contribution is -2.53. The third-order valence-electron chi connectivity index (χ3n) is 4.84. The van der Waals surface area contributed by atoms with Crippen LogP contribution in [-0.4, -0.2) is 25.3 Å². The van der Waals surface area contributed by atoms with Gasteiger partial charge in [-0.05, 0) is 50.5 Å². The SMILES string of the molecule is CNC1CCOC2(CCC(C)(C)CC2C)C1. The molecular weight excluding hydrogens is 198 g/mol. The van der Waals surface area contributed by atoms with E-state index in [4.69, 9.17) is 4.74 Å². The summed E-state index contributed by atoms with van der Waals surface area (Å²) in [6.07, 6.45) is 6.26. The smallest absolute Gasteiger partial charge is 0.0723 e. The third-order valence-corrected chi connectivity index (χ3v) is 4.84. The molecule has 0 radical (unpaired) electrons. The van der Waals surface area contributed by atoms with E-state index in [-0.39, 0.29) is 5.60 Å². The molecule has 94 valence electrons. The lowest BCUT2D eigenvalue weighted by atomic mass is 9.63. The highest BCUT2D eigenvalue weighted by Gasteiger charge is 2.47.